The van der Waals surface area contributed by atoms with Gasteiger partial charge in [-0.25, -0.2) is 4.98 Å². The molecule has 2 aliphatic rings. The molecule has 0 aliphatic carbocycles. The normalized spacial score (nSPS) is 22.2. The first-order chi connectivity index (χ1) is 18.1. The van der Waals surface area contributed by atoms with E-state index in [1.54, 1.807) is 17.1 Å². The fourth-order valence-electron chi connectivity index (χ4n) is 5.86. The van der Waals surface area contributed by atoms with Crippen molar-refractivity contribution >= 4 is 21.7 Å². The molecule has 2 unspecified atom stereocenters. The number of aromatic nitrogens is 3. The van der Waals surface area contributed by atoms with E-state index in [2.05, 4.69) is 27.0 Å². The van der Waals surface area contributed by atoms with Crippen LogP contribution in [0.15, 0.2) is 65.8 Å². The van der Waals surface area contributed by atoms with Crippen LogP contribution in [-0.4, -0.2) is 56.9 Å². The molecular weight excluding hydrogens is 466 g/mol. The minimum Gasteiger partial charge on any atom is -0.389 e. The molecule has 0 spiro atoms. The lowest BCUT2D eigenvalue weighted by Crippen LogP contribution is -2.42. The van der Waals surface area contributed by atoms with Crippen LogP contribution in [0, 0.1) is 11.3 Å². The number of aliphatic hydroxyl groups excluding tert-OH is 1. The molecule has 2 aromatic heterocycles. The SMILES string of the molecule is N#CC1(c2ccccn2)CCN(Cc2cc3c(=O)n(C4CCOCC4O)cnc3c3ccccc23)CC1. The molecule has 0 bridgehead atoms. The molecular formula is C29H29N5O3. The summed E-state index contributed by atoms with van der Waals surface area (Å²) in [4.78, 5) is 25.2. The Labute approximate surface area is 214 Å². The summed E-state index contributed by atoms with van der Waals surface area (Å²) in [6, 6.07) is 18.0. The average Bonchev–Trinajstić information content (AvgIpc) is 2.95. The number of hydrogen-bond donors (Lipinski definition) is 1. The lowest BCUT2D eigenvalue weighted by atomic mass is 9.76. The first kappa shape index (κ1) is 23.7. The Morgan fingerprint density at radius 3 is 2.59 bits per heavy atom. The van der Waals surface area contributed by atoms with Gasteiger partial charge in [0.1, 0.15) is 5.41 Å². The Kier molecular flexibility index (Phi) is 6.21. The van der Waals surface area contributed by atoms with Crippen molar-refractivity contribution in [2.45, 2.75) is 43.4 Å². The van der Waals surface area contributed by atoms with E-state index in [9.17, 15) is 15.2 Å². The number of benzene rings is 2. The van der Waals surface area contributed by atoms with Crippen molar-refractivity contribution in [3.63, 3.8) is 0 Å². The molecule has 37 heavy (non-hydrogen) atoms. The number of pyridine rings is 1. The van der Waals surface area contributed by atoms with E-state index in [1.807, 2.05) is 42.5 Å². The van der Waals surface area contributed by atoms with E-state index in [0.29, 0.717) is 43.3 Å². The van der Waals surface area contributed by atoms with Crippen LogP contribution in [0.4, 0.5) is 0 Å². The van der Waals surface area contributed by atoms with Gasteiger partial charge < -0.3 is 9.84 Å². The molecule has 0 amide bonds. The van der Waals surface area contributed by atoms with Gasteiger partial charge in [-0.1, -0.05) is 30.3 Å². The molecule has 2 saturated heterocycles. The molecule has 8 nitrogen and oxygen atoms in total. The largest absolute Gasteiger partial charge is 0.389 e. The number of nitriles is 1. The number of piperidine rings is 1. The highest BCUT2D eigenvalue weighted by molar-refractivity contribution is 6.06. The number of aliphatic hydroxyl groups is 1. The average molecular weight is 496 g/mol. The van der Waals surface area contributed by atoms with Gasteiger partial charge in [-0.05, 0) is 48.4 Å². The molecule has 1 N–H and O–H groups in total. The van der Waals surface area contributed by atoms with Crippen LogP contribution in [0.2, 0.25) is 0 Å². The third kappa shape index (κ3) is 4.19. The summed E-state index contributed by atoms with van der Waals surface area (Å²) in [7, 11) is 0. The molecule has 2 atom stereocenters. The monoisotopic (exact) mass is 495 g/mol. The molecule has 0 radical (unpaired) electrons. The standard InChI is InChI=1S/C29H29N5O3/c30-18-29(26-7-3-4-11-31-26)9-12-33(13-10-29)16-20-15-23-27(22-6-2-1-5-21(20)22)32-19-34(28(23)36)24-8-14-37-17-25(24)35/h1-7,11,15,19,24-25,35H,8-10,12-14,16-17H2. The third-order valence-corrected chi connectivity index (χ3v) is 8.00. The highest BCUT2D eigenvalue weighted by atomic mass is 16.5. The third-order valence-electron chi connectivity index (χ3n) is 8.00. The Balaban J connectivity index is 1.35. The van der Waals surface area contributed by atoms with E-state index < -0.39 is 11.5 Å². The summed E-state index contributed by atoms with van der Waals surface area (Å²) in [5.41, 5.74) is 1.88. The van der Waals surface area contributed by atoms with Gasteiger partial charge >= 0.3 is 0 Å². The predicted octanol–water partition coefficient (Wildman–Crippen LogP) is 3.32. The fourth-order valence-corrected chi connectivity index (χ4v) is 5.86. The first-order valence-corrected chi connectivity index (χ1v) is 12.8. The zero-order valence-electron chi connectivity index (χ0n) is 20.6. The summed E-state index contributed by atoms with van der Waals surface area (Å²) >= 11 is 0. The van der Waals surface area contributed by atoms with Gasteiger partial charge in [-0.15, -0.1) is 0 Å². The van der Waals surface area contributed by atoms with Crippen molar-refractivity contribution in [2.75, 3.05) is 26.3 Å². The topological polar surface area (TPSA) is 104 Å². The van der Waals surface area contributed by atoms with Crippen molar-refractivity contribution in [2.24, 2.45) is 0 Å². The molecule has 4 aromatic rings. The van der Waals surface area contributed by atoms with Gasteiger partial charge in [0.15, 0.2) is 0 Å². The minimum atomic E-state index is -0.738. The molecule has 6 rings (SSSR count). The van der Waals surface area contributed by atoms with E-state index >= 15 is 0 Å². The molecule has 188 valence electrons. The maximum Gasteiger partial charge on any atom is 0.261 e. The highest BCUT2D eigenvalue weighted by Crippen LogP contribution is 2.35. The lowest BCUT2D eigenvalue weighted by Gasteiger charge is -2.37. The van der Waals surface area contributed by atoms with Crippen molar-refractivity contribution in [1.29, 1.82) is 5.26 Å². The predicted molar refractivity (Wildman–Crippen MR) is 140 cm³/mol. The molecule has 2 aliphatic heterocycles. The van der Waals surface area contributed by atoms with Crippen LogP contribution in [0.5, 0.6) is 0 Å². The van der Waals surface area contributed by atoms with Crippen molar-refractivity contribution < 1.29 is 9.84 Å². The van der Waals surface area contributed by atoms with Crippen molar-refractivity contribution in [1.82, 2.24) is 19.4 Å². The van der Waals surface area contributed by atoms with Crippen LogP contribution in [0.25, 0.3) is 21.7 Å². The first-order valence-electron chi connectivity index (χ1n) is 12.8. The van der Waals surface area contributed by atoms with Gasteiger partial charge in [0.25, 0.3) is 5.56 Å². The van der Waals surface area contributed by atoms with Crippen molar-refractivity contribution in [3.05, 3.63) is 82.7 Å². The van der Waals surface area contributed by atoms with Gasteiger partial charge in [0, 0.05) is 37.8 Å². The van der Waals surface area contributed by atoms with Gasteiger partial charge in [0.2, 0.25) is 0 Å². The van der Waals surface area contributed by atoms with Gasteiger partial charge in [-0.3, -0.25) is 19.2 Å². The Hall–Kier alpha value is -3.64. The Morgan fingerprint density at radius 1 is 1.08 bits per heavy atom. The number of fused-ring (bicyclic) bond motifs is 3. The highest BCUT2D eigenvalue weighted by Gasteiger charge is 2.37. The zero-order chi connectivity index (χ0) is 25.4. The minimum absolute atomic E-state index is 0.139. The molecule has 4 heterocycles. The Morgan fingerprint density at radius 2 is 1.86 bits per heavy atom. The second kappa shape index (κ2) is 9.67. The fraction of sp³-hybridized carbons (Fsp3) is 0.379. The molecule has 0 saturated carbocycles. The summed E-state index contributed by atoms with van der Waals surface area (Å²) in [5.74, 6) is 0. The molecule has 8 heteroatoms. The summed E-state index contributed by atoms with van der Waals surface area (Å²) in [6.45, 7) is 2.93. The van der Waals surface area contributed by atoms with E-state index in [-0.39, 0.29) is 18.2 Å². The van der Waals surface area contributed by atoms with E-state index in [1.165, 1.54) is 0 Å². The Bertz CT molecular complexity index is 1540. The summed E-state index contributed by atoms with van der Waals surface area (Å²) < 4.78 is 6.93. The van der Waals surface area contributed by atoms with Crippen LogP contribution in [-0.2, 0) is 16.7 Å². The summed E-state index contributed by atoms with van der Waals surface area (Å²) in [6.07, 6.45) is 4.57. The maximum atomic E-state index is 13.7. The van der Waals surface area contributed by atoms with Gasteiger partial charge in [0.05, 0.1) is 47.7 Å². The summed E-state index contributed by atoms with van der Waals surface area (Å²) in [5, 5.41) is 23.1. The van der Waals surface area contributed by atoms with Crippen molar-refractivity contribution in [3.8, 4) is 6.07 Å². The van der Waals surface area contributed by atoms with Gasteiger partial charge in [-0.2, -0.15) is 5.26 Å². The molecule has 2 fully saturated rings. The van der Waals surface area contributed by atoms with E-state index in [0.717, 1.165) is 35.1 Å². The second-order valence-electron chi connectivity index (χ2n) is 10.1. The number of ether oxygens (including phenoxy) is 1. The second-order valence-corrected chi connectivity index (χ2v) is 10.1. The van der Waals surface area contributed by atoms with Crippen LogP contribution in [0.3, 0.4) is 0 Å². The van der Waals surface area contributed by atoms with Crippen LogP contribution < -0.4 is 5.56 Å². The smallest absolute Gasteiger partial charge is 0.261 e. The maximum absolute atomic E-state index is 13.7. The number of hydrogen-bond acceptors (Lipinski definition) is 7. The zero-order valence-corrected chi connectivity index (χ0v) is 20.6. The molecule has 2 aromatic carbocycles. The number of rotatable bonds is 4. The van der Waals surface area contributed by atoms with Crippen LogP contribution >= 0.6 is 0 Å². The van der Waals surface area contributed by atoms with Crippen LogP contribution in [0.1, 0.15) is 36.6 Å². The van der Waals surface area contributed by atoms with E-state index in [4.69, 9.17) is 4.74 Å². The lowest BCUT2D eigenvalue weighted by molar-refractivity contribution is -0.0395. The quantitative estimate of drug-likeness (QED) is 0.433. The number of nitrogens with zero attached hydrogens (tertiary/aromatic N) is 5. The number of likely N-dealkylation sites (tertiary alicyclic amines) is 1.